The van der Waals surface area contributed by atoms with Crippen LogP contribution in [0.1, 0.15) is 11.5 Å². The van der Waals surface area contributed by atoms with Crippen LogP contribution in [0.25, 0.3) is 4.96 Å². The monoisotopic (exact) mass is 437 g/mol. The molecule has 3 aromatic heterocycles. The second kappa shape index (κ2) is 7.90. The number of rotatable bonds is 6. The van der Waals surface area contributed by atoms with Crippen LogP contribution in [0, 0.1) is 5.82 Å². The number of fused-ring (bicyclic) bond motifs is 1. The Kier molecular flexibility index (Phi) is 5.33. The van der Waals surface area contributed by atoms with Gasteiger partial charge in [0.2, 0.25) is 0 Å². The minimum absolute atomic E-state index is 0.106. The van der Waals surface area contributed by atoms with Crippen LogP contribution in [0.4, 0.5) is 4.39 Å². The molecule has 0 aliphatic carbocycles. The van der Waals surface area contributed by atoms with E-state index in [9.17, 15) is 9.18 Å². The van der Waals surface area contributed by atoms with E-state index in [0.717, 1.165) is 0 Å². The third-order valence-corrected chi connectivity index (χ3v) is 5.99. The first-order chi connectivity index (χ1) is 13.5. The number of thioether (sulfide) groups is 1. The summed E-state index contributed by atoms with van der Waals surface area (Å²) in [5.74, 6) is 1.02. The van der Waals surface area contributed by atoms with Gasteiger partial charge >= 0.3 is 0 Å². The molecule has 1 aromatic carbocycles. The second-order valence-electron chi connectivity index (χ2n) is 5.75. The normalized spacial score (nSPS) is 11.2. The largest absolute Gasteiger partial charge is 0.484 e. The third kappa shape index (κ3) is 3.89. The lowest BCUT2D eigenvalue weighted by Gasteiger charge is -2.08. The highest BCUT2D eigenvalue weighted by atomic mass is 35.5. The Balaban J connectivity index is 1.43. The van der Waals surface area contributed by atoms with Crippen molar-refractivity contribution in [3.63, 3.8) is 0 Å². The Bertz CT molecular complexity index is 1210. The molecule has 0 atom stereocenters. The van der Waals surface area contributed by atoms with Crippen molar-refractivity contribution in [1.29, 1.82) is 0 Å². The van der Waals surface area contributed by atoms with Crippen LogP contribution in [0.2, 0.25) is 5.02 Å². The molecule has 0 fully saturated rings. The van der Waals surface area contributed by atoms with E-state index in [0.29, 0.717) is 33.1 Å². The molecule has 0 aliphatic heterocycles. The highest BCUT2D eigenvalue weighted by Gasteiger charge is 2.12. The van der Waals surface area contributed by atoms with Gasteiger partial charge in [0.1, 0.15) is 18.2 Å². The number of hydrogen-bond acceptors (Lipinski definition) is 7. The first-order valence-corrected chi connectivity index (χ1v) is 10.3. The Hall–Kier alpha value is -2.43. The maximum Gasteiger partial charge on any atom is 0.258 e. The Morgan fingerprint density at radius 2 is 2.18 bits per heavy atom. The van der Waals surface area contributed by atoms with E-state index >= 15 is 0 Å². The van der Waals surface area contributed by atoms with Crippen molar-refractivity contribution in [2.24, 2.45) is 7.05 Å². The van der Waals surface area contributed by atoms with Gasteiger partial charge in [0, 0.05) is 30.4 Å². The molecule has 0 amide bonds. The Morgan fingerprint density at radius 3 is 3.00 bits per heavy atom. The number of hydrogen-bond donors (Lipinski definition) is 0. The summed E-state index contributed by atoms with van der Waals surface area (Å²) in [7, 11) is 1.82. The first-order valence-electron chi connectivity index (χ1n) is 8.06. The molecule has 0 bridgehead atoms. The molecule has 0 N–H and O–H groups in total. The molecule has 0 aliphatic rings. The molecule has 4 aromatic rings. The molecule has 0 saturated carbocycles. The predicted octanol–water partition coefficient (Wildman–Crippen LogP) is 3.55. The van der Waals surface area contributed by atoms with E-state index in [2.05, 4.69) is 15.2 Å². The SMILES string of the molecule is Cn1c(COc2ccc(F)cc2Cl)nnc1SCc1cc(=O)n2ccsc2n1. The fraction of sp³-hybridized carbons (Fsp3) is 0.176. The maximum absolute atomic E-state index is 13.1. The van der Waals surface area contributed by atoms with Gasteiger partial charge in [0.25, 0.3) is 5.56 Å². The summed E-state index contributed by atoms with van der Waals surface area (Å²) >= 11 is 8.79. The van der Waals surface area contributed by atoms with Gasteiger partial charge in [-0.25, -0.2) is 9.37 Å². The van der Waals surface area contributed by atoms with E-state index < -0.39 is 5.82 Å². The number of nitrogens with zero attached hydrogens (tertiary/aromatic N) is 5. The summed E-state index contributed by atoms with van der Waals surface area (Å²) in [6, 6.07) is 5.45. The average molecular weight is 438 g/mol. The minimum atomic E-state index is -0.427. The van der Waals surface area contributed by atoms with Gasteiger partial charge in [-0.2, -0.15) is 0 Å². The van der Waals surface area contributed by atoms with Crippen molar-refractivity contribution in [1.82, 2.24) is 24.1 Å². The summed E-state index contributed by atoms with van der Waals surface area (Å²) in [6.07, 6.45) is 1.70. The number of thiazole rings is 1. The van der Waals surface area contributed by atoms with Crippen LogP contribution in [0.15, 0.2) is 45.8 Å². The summed E-state index contributed by atoms with van der Waals surface area (Å²) in [5.41, 5.74) is 0.571. The van der Waals surface area contributed by atoms with Gasteiger partial charge in [-0.15, -0.1) is 21.5 Å². The zero-order chi connectivity index (χ0) is 19.7. The van der Waals surface area contributed by atoms with E-state index in [1.54, 1.807) is 10.8 Å². The lowest BCUT2D eigenvalue weighted by atomic mass is 10.3. The summed E-state index contributed by atoms with van der Waals surface area (Å²) in [5, 5.41) is 10.9. The highest BCUT2D eigenvalue weighted by Crippen LogP contribution is 2.26. The molecular weight excluding hydrogens is 425 g/mol. The average Bonchev–Trinajstić information content (AvgIpc) is 3.27. The number of halogens is 2. The smallest absolute Gasteiger partial charge is 0.258 e. The van der Waals surface area contributed by atoms with Gasteiger partial charge in [0.15, 0.2) is 15.9 Å². The number of ether oxygens (including phenoxy) is 1. The zero-order valence-corrected chi connectivity index (χ0v) is 16.9. The van der Waals surface area contributed by atoms with Crippen LogP contribution in [0.3, 0.4) is 0 Å². The topological polar surface area (TPSA) is 74.3 Å². The molecule has 0 saturated heterocycles. The van der Waals surface area contributed by atoms with Gasteiger partial charge in [0.05, 0.1) is 10.7 Å². The van der Waals surface area contributed by atoms with Crippen molar-refractivity contribution in [2.75, 3.05) is 0 Å². The molecule has 3 heterocycles. The van der Waals surface area contributed by atoms with Crippen molar-refractivity contribution < 1.29 is 9.13 Å². The quantitative estimate of drug-likeness (QED) is 0.429. The highest BCUT2D eigenvalue weighted by molar-refractivity contribution is 7.98. The summed E-state index contributed by atoms with van der Waals surface area (Å²) in [4.78, 5) is 17.2. The number of aromatic nitrogens is 5. The lowest BCUT2D eigenvalue weighted by molar-refractivity contribution is 0.290. The summed E-state index contributed by atoms with van der Waals surface area (Å²) < 4.78 is 22.0. The van der Waals surface area contributed by atoms with E-state index in [-0.39, 0.29) is 17.2 Å². The molecule has 0 spiro atoms. The van der Waals surface area contributed by atoms with Crippen LogP contribution in [-0.4, -0.2) is 24.1 Å². The zero-order valence-electron chi connectivity index (χ0n) is 14.5. The first kappa shape index (κ1) is 18.9. The van der Waals surface area contributed by atoms with Crippen LogP contribution < -0.4 is 10.3 Å². The van der Waals surface area contributed by atoms with Crippen LogP contribution >= 0.6 is 34.7 Å². The van der Waals surface area contributed by atoms with Gasteiger partial charge < -0.3 is 9.30 Å². The standard InChI is InChI=1S/C17H13ClFN5O2S2/c1-23-14(8-26-13-3-2-10(19)6-12(13)18)21-22-17(23)28-9-11-7-15(25)24-4-5-27-16(24)20-11/h2-7H,8-9H2,1H3. The molecule has 144 valence electrons. The molecule has 0 unspecified atom stereocenters. The fourth-order valence-electron chi connectivity index (χ4n) is 2.43. The van der Waals surface area contributed by atoms with E-state index in [1.807, 2.05) is 12.4 Å². The molecule has 11 heteroatoms. The minimum Gasteiger partial charge on any atom is -0.484 e. The lowest BCUT2D eigenvalue weighted by Crippen LogP contribution is -2.12. The van der Waals surface area contributed by atoms with Gasteiger partial charge in [-0.05, 0) is 18.2 Å². The third-order valence-electron chi connectivity index (χ3n) is 3.88. The molecular formula is C17H13ClFN5O2S2. The Morgan fingerprint density at radius 1 is 1.32 bits per heavy atom. The van der Waals surface area contributed by atoms with Gasteiger partial charge in [-0.1, -0.05) is 23.4 Å². The number of benzene rings is 1. The fourth-order valence-corrected chi connectivity index (χ4v) is 4.21. The second-order valence-corrected chi connectivity index (χ2v) is 7.97. The van der Waals surface area contributed by atoms with Crippen molar-refractivity contribution in [2.45, 2.75) is 17.5 Å². The molecule has 28 heavy (non-hydrogen) atoms. The van der Waals surface area contributed by atoms with Gasteiger partial charge in [-0.3, -0.25) is 9.20 Å². The van der Waals surface area contributed by atoms with Crippen LogP contribution in [-0.2, 0) is 19.4 Å². The predicted molar refractivity (Wildman–Crippen MR) is 106 cm³/mol. The molecule has 4 rings (SSSR count). The Labute approximate surface area is 171 Å². The van der Waals surface area contributed by atoms with E-state index in [4.69, 9.17) is 16.3 Å². The summed E-state index contributed by atoms with van der Waals surface area (Å²) in [6.45, 7) is 0.135. The maximum atomic E-state index is 13.1. The molecule has 0 radical (unpaired) electrons. The van der Waals surface area contributed by atoms with Crippen LogP contribution in [0.5, 0.6) is 5.75 Å². The molecule has 7 nitrogen and oxygen atoms in total. The van der Waals surface area contributed by atoms with Crippen molar-refractivity contribution in [3.05, 3.63) is 68.6 Å². The van der Waals surface area contributed by atoms with Crippen molar-refractivity contribution >= 4 is 39.7 Å². The van der Waals surface area contributed by atoms with Crippen molar-refractivity contribution in [3.8, 4) is 5.75 Å². The van der Waals surface area contributed by atoms with E-state index in [1.165, 1.54) is 51.8 Å².